The summed E-state index contributed by atoms with van der Waals surface area (Å²) in [5, 5.41) is 0. The topological polar surface area (TPSA) is 64.6 Å². The Labute approximate surface area is 91.2 Å². The molecule has 90 valence electrons. The zero-order chi connectivity index (χ0) is 11.3. The van der Waals surface area contributed by atoms with E-state index in [1.54, 1.807) is 7.11 Å². The monoisotopic (exact) mass is 237 g/mol. The van der Waals surface area contributed by atoms with E-state index in [0.717, 1.165) is 12.8 Å². The number of nitrogens with one attached hydrogen (secondary N) is 1. The standard InChI is InChI=1S/C9H19NO4S/c1-8(13-2)6-10-15(11,12)7-9-4-3-5-14-9/h8-10H,3-7H2,1-2H3. The molecule has 0 spiro atoms. The van der Waals surface area contributed by atoms with E-state index in [2.05, 4.69) is 4.72 Å². The Balaban J connectivity index is 2.31. The van der Waals surface area contributed by atoms with Gasteiger partial charge in [0, 0.05) is 20.3 Å². The Morgan fingerprint density at radius 3 is 2.87 bits per heavy atom. The van der Waals surface area contributed by atoms with Crippen LogP contribution in [0.4, 0.5) is 0 Å². The molecule has 2 atom stereocenters. The van der Waals surface area contributed by atoms with Gasteiger partial charge in [0.2, 0.25) is 10.0 Å². The lowest BCUT2D eigenvalue weighted by Crippen LogP contribution is -2.36. The van der Waals surface area contributed by atoms with E-state index < -0.39 is 10.0 Å². The smallest absolute Gasteiger partial charge is 0.214 e. The molecule has 1 fully saturated rings. The van der Waals surface area contributed by atoms with E-state index in [1.807, 2.05) is 6.92 Å². The Morgan fingerprint density at radius 2 is 2.33 bits per heavy atom. The highest BCUT2D eigenvalue weighted by Gasteiger charge is 2.23. The Bertz CT molecular complexity index is 272. The second kappa shape index (κ2) is 5.79. The molecule has 1 N–H and O–H groups in total. The van der Waals surface area contributed by atoms with Crippen molar-refractivity contribution in [2.75, 3.05) is 26.0 Å². The van der Waals surface area contributed by atoms with Gasteiger partial charge >= 0.3 is 0 Å². The van der Waals surface area contributed by atoms with Crippen LogP contribution >= 0.6 is 0 Å². The molecule has 0 saturated carbocycles. The molecular formula is C9H19NO4S. The lowest BCUT2D eigenvalue weighted by Gasteiger charge is -2.13. The Morgan fingerprint density at radius 1 is 1.60 bits per heavy atom. The maximum atomic E-state index is 11.6. The molecular weight excluding hydrogens is 218 g/mol. The molecule has 5 nitrogen and oxygen atoms in total. The van der Waals surface area contributed by atoms with Gasteiger partial charge in [-0.3, -0.25) is 0 Å². The summed E-state index contributed by atoms with van der Waals surface area (Å²) in [5.74, 6) is 0.0590. The summed E-state index contributed by atoms with van der Waals surface area (Å²) in [7, 11) is -1.67. The van der Waals surface area contributed by atoms with Crippen molar-refractivity contribution in [3.8, 4) is 0 Å². The average molecular weight is 237 g/mol. The number of hydrogen-bond acceptors (Lipinski definition) is 4. The minimum absolute atomic E-state index is 0.0590. The summed E-state index contributed by atoms with van der Waals surface area (Å²) in [4.78, 5) is 0. The normalized spacial score (nSPS) is 24.3. The number of sulfonamides is 1. The first-order valence-corrected chi connectivity index (χ1v) is 6.80. The molecule has 1 aliphatic rings. The SMILES string of the molecule is COC(C)CNS(=O)(=O)CC1CCCO1. The van der Waals surface area contributed by atoms with Crippen molar-refractivity contribution in [2.45, 2.75) is 32.0 Å². The predicted octanol–water partition coefficient (Wildman–Crippen LogP) is 0.120. The highest BCUT2D eigenvalue weighted by atomic mass is 32.2. The van der Waals surface area contributed by atoms with Crippen LogP contribution in [0.1, 0.15) is 19.8 Å². The Hall–Kier alpha value is -0.170. The molecule has 1 heterocycles. The van der Waals surface area contributed by atoms with Gasteiger partial charge < -0.3 is 9.47 Å². The first-order chi connectivity index (χ1) is 7.03. The minimum Gasteiger partial charge on any atom is -0.380 e. The molecule has 0 aromatic rings. The molecule has 1 saturated heterocycles. The van der Waals surface area contributed by atoms with E-state index >= 15 is 0 Å². The summed E-state index contributed by atoms with van der Waals surface area (Å²) >= 11 is 0. The molecule has 0 aromatic heterocycles. The molecule has 1 aliphatic heterocycles. The third-order valence-corrected chi connectivity index (χ3v) is 3.84. The second-order valence-corrected chi connectivity index (χ2v) is 5.66. The maximum absolute atomic E-state index is 11.6. The molecule has 6 heteroatoms. The van der Waals surface area contributed by atoms with Gasteiger partial charge in [-0.15, -0.1) is 0 Å². The number of ether oxygens (including phenoxy) is 2. The fraction of sp³-hybridized carbons (Fsp3) is 1.00. The van der Waals surface area contributed by atoms with Crippen LogP contribution in [0.15, 0.2) is 0 Å². The molecule has 1 rings (SSSR count). The van der Waals surface area contributed by atoms with E-state index in [1.165, 1.54) is 0 Å². The number of methoxy groups -OCH3 is 1. The number of hydrogen-bond donors (Lipinski definition) is 1. The van der Waals surface area contributed by atoms with E-state index in [9.17, 15) is 8.42 Å². The van der Waals surface area contributed by atoms with Crippen molar-refractivity contribution in [1.29, 1.82) is 0 Å². The third-order valence-electron chi connectivity index (χ3n) is 2.42. The Kier molecular flexibility index (Phi) is 4.98. The van der Waals surface area contributed by atoms with Gasteiger partial charge in [-0.2, -0.15) is 0 Å². The van der Waals surface area contributed by atoms with Gasteiger partial charge in [0.15, 0.2) is 0 Å². The summed E-state index contributed by atoms with van der Waals surface area (Å²) < 4.78 is 35.9. The molecule has 0 amide bonds. The van der Waals surface area contributed by atoms with Crippen LogP contribution in [0.3, 0.4) is 0 Å². The largest absolute Gasteiger partial charge is 0.380 e. The third kappa shape index (κ3) is 4.92. The lowest BCUT2D eigenvalue weighted by atomic mass is 10.3. The van der Waals surface area contributed by atoms with Crippen molar-refractivity contribution in [3.05, 3.63) is 0 Å². The molecule has 15 heavy (non-hydrogen) atoms. The van der Waals surface area contributed by atoms with Crippen molar-refractivity contribution in [3.63, 3.8) is 0 Å². The van der Waals surface area contributed by atoms with E-state index in [4.69, 9.17) is 9.47 Å². The molecule has 0 bridgehead atoms. The number of rotatable bonds is 6. The van der Waals surface area contributed by atoms with Crippen LogP contribution in [0.2, 0.25) is 0 Å². The quantitative estimate of drug-likeness (QED) is 0.712. The van der Waals surface area contributed by atoms with Gasteiger partial charge in [0.05, 0.1) is 18.0 Å². The fourth-order valence-corrected chi connectivity index (χ4v) is 2.77. The van der Waals surface area contributed by atoms with Crippen molar-refractivity contribution < 1.29 is 17.9 Å². The van der Waals surface area contributed by atoms with Crippen LogP contribution in [-0.2, 0) is 19.5 Å². The van der Waals surface area contributed by atoms with Crippen molar-refractivity contribution >= 4 is 10.0 Å². The van der Waals surface area contributed by atoms with E-state index in [-0.39, 0.29) is 18.0 Å². The van der Waals surface area contributed by atoms with Crippen molar-refractivity contribution in [2.24, 2.45) is 0 Å². The molecule has 0 aromatic carbocycles. The highest BCUT2D eigenvalue weighted by Crippen LogP contribution is 2.13. The minimum atomic E-state index is -3.23. The van der Waals surface area contributed by atoms with E-state index in [0.29, 0.717) is 13.2 Å². The van der Waals surface area contributed by atoms with Crippen LogP contribution in [-0.4, -0.2) is 46.6 Å². The van der Waals surface area contributed by atoms with Gasteiger partial charge in [-0.05, 0) is 19.8 Å². The molecule has 0 aliphatic carbocycles. The van der Waals surface area contributed by atoms with Gasteiger partial charge in [0.25, 0.3) is 0 Å². The zero-order valence-corrected chi connectivity index (χ0v) is 10.0. The summed E-state index contributed by atoms with van der Waals surface area (Å²) in [6.45, 7) is 2.80. The summed E-state index contributed by atoms with van der Waals surface area (Å²) in [6.07, 6.45) is 1.54. The van der Waals surface area contributed by atoms with Crippen molar-refractivity contribution in [1.82, 2.24) is 4.72 Å². The predicted molar refractivity (Wildman–Crippen MR) is 57.2 cm³/mol. The summed E-state index contributed by atoms with van der Waals surface area (Å²) in [6, 6.07) is 0. The molecule has 2 unspecified atom stereocenters. The first-order valence-electron chi connectivity index (χ1n) is 5.15. The zero-order valence-electron chi connectivity index (χ0n) is 9.23. The van der Waals surface area contributed by atoms with Crippen LogP contribution in [0, 0.1) is 0 Å². The second-order valence-electron chi connectivity index (χ2n) is 3.81. The van der Waals surface area contributed by atoms with Gasteiger partial charge in [0.1, 0.15) is 0 Å². The maximum Gasteiger partial charge on any atom is 0.214 e. The first kappa shape index (κ1) is 12.9. The average Bonchev–Trinajstić information content (AvgIpc) is 2.66. The van der Waals surface area contributed by atoms with Gasteiger partial charge in [-0.25, -0.2) is 13.1 Å². The fourth-order valence-electron chi connectivity index (χ4n) is 1.41. The highest BCUT2D eigenvalue weighted by molar-refractivity contribution is 7.89. The van der Waals surface area contributed by atoms with Crippen LogP contribution < -0.4 is 4.72 Å². The summed E-state index contributed by atoms with van der Waals surface area (Å²) in [5.41, 5.74) is 0. The van der Waals surface area contributed by atoms with Gasteiger partial charge in [-0.1, -0.05) is 0 Å². The molecule has 0 radical (unpaired) electrons. The van der Waals surface area contributed by atoms with Crippen LogP contribution in [0.5, 0.6) is 0 Å². The lowest BCUT2D eigenvalue weighted by molar-refractivity contribution is 0.120. The van der Waals surface area contributed by atoms with Crippen LogP contribution in [0.25, 0.3) is 0 Å².